The third-order valence-electron chi connectivity index (χ3n) is 10.1. The number of fused-ring (bicyclic) bond motifs is 6. The Labute approximate surface area is 289 Å². The monoisotopic (exact) mass is 640 g/mol. The van der Waals surface area contributed by atoms with Gasteiger partial charge in [0.1, 0.15) is 0 Å². The fourth-order valence-electron chi connectivity index (χ4n) is 7.68. The van der Waals surface area contributed by atoms with Crippen LogP contribution in [0.25, 0.3) is 77.6 Å². The number of aromatic nitrogens is 4. The molecule has 0 spiro atoms. The first-order valence-corrected chi connectivity index (χ1v) is 17.2. The molecule has 6 aromatic carbocycles. The van der Waals surface area contributed by atoms with Crippen LogP contribution in [0.4, 0.5) is 0 Å². The van der Waals surface area contributed by atoms with E-state index < -0.39 is 0 Å². The van der Waals surface area contributed by atoms with Crippen LogP contribution in [0.15, 0.2) is 176 Å². The van der Waals surface area contributed by atoms with Gasteiger partial charge >= 0.3 is 0 Å². The van der Waals surface area contributed by atoms with E-state index in [4.69, 9.17) is 9.97 Å². The van der Waals surface area contributed by atoms with Gasteiger partial charge in [0.25, 0.3) is 0 Å². The second-order valence-electron chi connectivity index (χ2n) is 13.0. The second kappa shape index (κ2) is 11.6. The molecule has 0 fully saturated rings. The summed E-state index contributed by atoms with van der Waals surface area (Å²) in [6, 6.07) is 54.2. The minimum atomic E-state index is 0.201. The molecule has 4 nitrogen and oxygen atoms in total. The summed E-state index contributed by atoms with van der Waals surface area (Å²) in [7, 11) is 0. The molecule has 0 saturated heterocycles. The molecule has 1 unspecified atom stereocenters. The van der Waals surface area contributed by atoms with E-state index in [0.717, 1.165) is 34.4 Å². The molecule has 3 aromatic heterocycles. The van der Waals surface area contributed by atoms with Crippen LogP contribution in [-0.4, -0.2) is 19.1 Å². The second-order valence-corrected chi connectivity index (χ2v) is 13.0. The highest BCUT2D eigenvalue weighted by Crippen LogP contribution is 2.38. The maximum Gasteiger partial charge on any atom is 0.235 e. The predicted molar refractivity (Wildman–Crippen MR) is 207 cm³/mol. The van der Waals surface area contributed by atoms with Gasteiger partial charge in [-0.15, -0.1) is 0 Å². The van der Waals surface area contributed by atoms with Gasteiger partial charge in [-0.3, -0.25) is 4.57 Å². The summed E-state index contributed by atoms with van der Waals surface area (Å²) in [6.45, 7) is 0. The van der Waals surface area contributed by atoms with E-state index >= 15 is 0 Å². The first-order valence-electron chi connectivity index (χ1n) is 17.2. The van der Waals surface area contributed by atoms with Crippen molar-refractivity contribution >= 4 is 43.6 Å². The standard InChI is InChI=1S/C46H32N4/c1-4-14-31(15-5-1)40-30-41(32-16-6-2-7-17-32)48-46(47-40)50-43-23-13-11-21-37(43)39-29-34(25-27-45(39)50)33-24-26-44-38(28-33)36-20-10-12-22-42(36)49(44)35-18-8-3-9-19-35/h1-16,18-30,32H,17H2. The van der Waals surface area contributed by atoms with Gasteiger partial charge < -0.3 is 4.57 Å². The molecule has 0 bridgehead atoms. The number of hydrogen-bond acceptors (Lipinski definition) is 2. The van der Waals surface area contributed by atoms with E-state index in [-0.39, 0.29) is 5.92 Å². The number of para-hydroxylation sites is 3. The zero-order valence-corrected chi connectivity index (χ0v) is 27.3. The Hall–Kier alpha value is -6.52. The lowest BCUT2D eigenvalue weighted by Crippen LogP contribution is -2.08. The Bertz CT molecular complexity index is 2780. The summed E-state index contributed by atoms with van der Waals surface area (Å²) in [5, 5.41) is 4.86. The molecule has 0 radical (unpaired) electrons. The fraction of sp³-hybridized carbons (Fsp3) is 0.0435. The van der Waals surface area contributed by atoms with Crippen molar-refractivity contribution in [2.45, 2.75) is 12.3 Å². The number of allylic oxidation sites excluding steroid dienone is 4. The molecule has 236 valence electrons. The summed E-state index contributed by atoms with van der Waals surface area (Å²) in [6.07, 6.45) is 9.61. The van der Waals surface area contributed by atoms with Crippen LogP contribution < -0.4 is 0 Å². The molecule has 9 aromatic rings. The lowest BCUT2D eigenvalue weighted by molar-refractivity contribution is 0.797. The van der Waals surface area contributed by atoms with Crippen molar-refractivity contribution in [2.24, 2.45) is 0 Å². The molecule has 4 heteroatoms. The molecular weight excluding hydrogens is 609 g/mol. The Balaban J connectivity index is 1.16. The van der Waals surface area contributed by atoms with E-state index in [2.05, 4.69) is 179 Å². The zero-order valence-electron chi connectivity index (χ0n) is 27.3. The van der Waals surface area contributed by atoms with Crippen LogP contribution in [0.2, 0.25) is 0 Å². The molecule has 0 saturated carbocycles. The highest BCUT2D eigenvalue weighted by Gasteiger charge is 2.20. The third kappa shape index (κ3) is 4.61. The summed E-state index contributed by atoms with van der Waals surface area (Å²) < 4.78 is 4.60. The van der Waals surface area contributed by atoms with Gasteiger partial charge in [-0.05, 0) is 72.1 Å². The Morgan fingerprint density at radius 3 is 1.70 bits per heavy atom. The minimum Gasteiger partial charge on any atom is -0.309 e. The number of nitrogens with zero attached hydrogens (tertiary/aromatic N) is 4. The van der Waals surface area contributed by atoms with Gasteiger partial charge in [0.05, 0.1) is 33.5 Å². The van der Waals surface area contributed by atoms with Crippen molar-refractivity contribution in [3.05, 3.63) is 182 Å². The quantitative estimate of drug-likeness (QED) is 0.188. The molecule has 3 heterocycles. The number of rotatable bonds is 5. The molecule has 1 aliphatic carbocycles. The summed E-state index contributed by atoms with van der Waals surface area (Å²) in [5.41, 5.74) is 11.2. The summed E-state index contributed by atoms with van der Waals surface area (Å²) >= 11 is 0. The molecule has 0 amide bonds. The van der Waals surface area contributed by atoms with E-state index in [9.17, 15) is 0 Å². The lowest BCUT2D eigenvalue weighted by atomic mass is 9.96. The first kappa shape index (κ1) is 28.5. The van der Waals surface area contributed by atoms with Gasteiger partial charge in [-0.1, -0.05) is 121 Å². The minimum absolute atomic E-state index is 0.201. The van der Waals surface area contributed by atoms with E-state index in [1.54, 1.807) is 0 Å². The van der Waals surface area contributed by atoms with Crippen LogP contribution in [-0.2, 0) is 0 Å². The smallest absolute Gasteiger partial charge is 0.235 e. The van der Waals surface area contributed by atoms with Gasteiger partial charge in [0.15, 0.2) is 0 Å². The SMILES string of the molecule is C1=CCC(c2cc(-c3ccccc3)nc(-n3c4ccccc4c4cc(-c5ccc6c(c5)c5ccccc5n6-c5ccccc5)ccc43)n2)C=C1. The van der Waals surface area contributed by atoms with Crippen LogP contribution in [0, 0.1) is 0 Å². The zero-order chi connectivity index (χ0) is 33.0. The summed E-state index contributed by atoms with van der Waals surface area (Å²) in [5.74, 6) is 0.894. The van der Waals surface area contributed by atoms with Crippen molar-refractivity contribution in [3.8, 4) is 34.0 Å². The molecule has 0 N–H and O–H groups in total. The number of benzene rings is 6. The molecule has 50 heavy (non-hydrogen) atoms. The van der Waals surface area contributed by atoms with E-state index in [1.165, 1.54) is 49.4 Å². The van der Waals surface area contributed by atoms with Crippen molar-refractivity contribution in [2.75, 3.05) is 0 Å². The van der Waals surface area contributed by atoms with Crippen LogP contribution in [0.1, 0.15) is 18.0 Å². The predicted octanol–water partition coefficient (Wildman–Crippen LogP) is 11.6. The molecule has 10 rings (SSSR count). The van der Waals surface area contributed by atoms with Crippen LogP contribution in [0.5, 0.6) is 0 Å². The Morgan fingerprint density at radius 1 is 0.460 bits per heavy atom. The average molecular weight is 641 g/mol. The van der Waals surface area contributed by atoms with Crippen molar-refractivity contribution < 1.29 is 0 Å². The fourth-order valence-corrected chi connectivity index (χ4v) is 7.68. The summed E-state index contributed by atoms with van der Waals surface area (Å²) in [4.78, 5) is 10.5. The maximum absolute atomic E-state index is 5.26. The average Bonchev–Trinajstić information content (AvgIpc) is 3.71. The number of hydrogen-bond donors (Lipinski definition) is 0. The molecule has 1 atom stereocenters. The van der Waals surface area contributed by atoms with Gasteiger partial charge in [-0.2, -0.15) is 0 Å². The molecule has 0 aliphatic heterocycles. The van der Waals surface area contributed by atoms with Gasteiger partial charge in [-0.25, -0.2) is 9.97 Å². The Morgan fingerprint density at radius 2 is 1.04 bits per heavy atom. The molecule has 1 aliphatic rings. The van der Waals surface area contributed by atoms with Crippen LogP contribution >= 0.6 is 0 Å². The van der Waals surface area contributed by atoms with Crippen molar-refractivity contribution in [1.82, 2.24) is 19.1 Å². The van der Waals surface area contributed by atoms with Crippen LogP contribution in [0.3, 0.4) is 0 Å². The third-order valence-corrected chi connectivity index (χ3v) is 10.1. The van der Waals surface area contributed by atoms with Gasteiger partial charge in [0.2, 0.25) is 5.95 Å². The Kier molecular flexibility index (Phi) is 6.59. The van der Waals surface area contributed by atoms with Crippen molar-refractivity contribution in [3.63, 3.8) is 0 Å². The van der Waals surface area contributed by atoms with E-state index in [1.807, 2.05) is 6.07 Å². The topological polar surface area (TPSA) is 35.6 Å². The highest BCUT2D eigenvalue weighted by molar-refractivity contribution is 6.12. The highest BCUT2D eigenvalue weighted by atomic mass is 15.2. The molecular formula is C46H32N4. The lowest BCUT2D eigenvalue weighted by Gasteiger charge is -2.16. The van der Waals surface area contributed by atoms with E-state index in [0.29, 0.717) is 5.95 Å². The normalized spacial score (nSPS) is 14.4. The van der Waals surface area contributed by atoms with Gasteiger partial charge in [0, 0.05) is 38.7 Å². The first-order chi connectivity index (χ1) is 24.8. The van der Waals surface area contributed by atoms with Crippen molar-refractivity contribution in [1.29, 1.82) is 0 Å². The largest absolute Gasteiger partial charge is 0.309 e. The maximum atomic E-state index is 5.26.